The van der Waals surface area contributed by atoms with Crippen molar-refractivity contribution in [1.29, 1.82) is 0 Å². The van der Waals surface area contributed by atoms with E-state index in [2.05, 4.69) is 10.2 Å². The number of ether oxygens (including phenoxy) is 1. The zero-order valence-corrected chi connectivity index (χ0v) is 10.4. The van der Waals surface area contributed by atoms with Gasteiger partial charge in [-0.05, 0) is 6.42 Å². The maximum Gasteiger partial charge on any atom is 0.303 e. The van der Waals surface area contributed by atoms with Crippen LogP contribution >= 0.6 is 0 Å². The maximum absolute atomic E-state index is 11.5. The Morgan fingerprint density at radius 2 is 2.06 bits per heavy atom. The lowest BCUT2D eigenvalue weighted by molar-refractivity contribution is -0.137. The molecule has 0 aliphatic carbocycles. The maximum atomic E-state index is 11.5. The van der Waals surface area contributed by atoms with Crippen molar-refractivity contribution in [1.82, 2.24) is 10.2 Å². The van der Waals surface area contributed by atoms with Crippen LogP contribution in [-0.2, 0) is 14.3 Å². The van der Waals surface area contributed by atoms with Crippen molar-refractivity contribution < 1.29 is 19.4 Å². The first-order valence-corrected chi connectivity index (χ1v) is 6.15. The second-order valence-corrected chi connectivity index (χ2v) is 4.28. The predicted octanol–water partition coefficient (Wildman–Crippen LogP) is -1.37. The highest BCUT2D eigenvalue weighted by molar-refractivity contribution is 5.82. The van der Waals surface area contributed by atoms with Gasteiger partial charge in [0, 0.05) is 32.6 Å². The fraction of sp³-hybridized carbons (Fsp3) is 0.818. The van der Waals surface area contributed by atoms with Gasteiger partial charge < -0.3 is 20.9 Å². The van der Waals surface area contributed by atoms with Crippen LogP contribution in [-0.4, -0.2) is 67.3 Å². The van der Waals surface area contributed by atoms with Crippen LogP contribution in [0.5, 0.6) is 0 Å². The van der Waals surface area contributed by atoms with E-state index >= 15 is 0 Å². The number of hydrogen-bond acceptors (Lipinski definition) is 5. The molecule has 1 amide bonds. The molecule has 0 radical (unpaired) electrons. The molecule has 1 atom stereocenters. The molecule has 18 heavy (non-hydrogen) atoms. The topological polar surface area (TPSA) is 105 Å². The monoisotopic (exact) mass is 259 g/mol. The highest BCUT2D eigenvalue weighted by Gasteiger charge is 2.15. The lowest BCUT2D eigenvalue weighted by Crippen LogP contribution is -2.45. The summed E-state index contributed by atoms with van der Waals surface area (Å²) in [5.41, 5.74) is 5.58. The van der Waals surface area contributed by atoms with Gasteiger partial charge >= 0.3 is 5.97 Å². The van der Waals surface area contributed by atoms with E-state index < -0.39 is 12.0 Å². The summed E-state index contributed by atoms with van der Waals surface area (Å²) >= 11 is 0. The molecule has 7 nitrogen and oxygen atoms in total. The first-order chi connectivity index (χ1) is 8.59. The summed E-state index contributed by atoms with van der Waals surface area (Å²) in [6, 6.07) is -0.745. The van der Waals surface area contributed by atoms with E-state index in [-0.39, 0.29) is 18.7 Å². The van der Waals surface area contributed by atoms with Gasteiger partial charge in [-0.1, -0.05) is 0 Å². The van der Waals surface area contributed by atoms with Crippen LogP contribution in [0.2, 0.25) is 0 Å². The average Bonchev–Trinajstić information content (AvgIpc) is 2.37. The Bertz CT molecular complexity index is 279. The molecular weight excluding hydrogens is 238 g/mol. The third-order valence-corrected chi connectivity index (χ3v) is 2.84. The Labute approximate surface area is 106 Å². The number of hydrogen-bond donors (Lipinski definition) is 3. The average molecular weight is 259 g/mol. The summed E-state index contributed by atoms with van der Waals surface area (Å²) in [6.45, 7) is 4.50. The largest absolute Gasteiger partial charge is 0.481 e. The normalized spacial score (nSPS) is 18.3. The molecule has 0 aromatic carbocycles. The lowest BCUT2D eigenvalue weighted by atomic mass is 10.1. The van der Waals surface area contributed by atoms with E-state index in [1.807, 2.05) is 0 Å². The number of rotatable bonds is 7. The second kappa shape index (κ2) is 8.02. The van der Waals surface area contributed by atoms with Crippen molar-refractivity contribution in [3.8, 4) is 0 Å². The van der Waals surface area contributed by atoms with Gasteiger partial charge in [-0.3, -0.25) is 14.5 Å². The van der Waals surface area contributed by atoms with Crippen molar-refractivity contribution in [3.63, 3.8) is 0 Å². The van der Waals surface area contributed by atoms with Crippen molar-refractivity contribution in [3.05, 3.63) is 0 Å². The molecule has 7 heteroatoms. The molecule has 1 fully saturated rings. The summed E-state index contributed by atoms with van der Waals surface area (Å²) in [5.74, 6) is -1.23. The van der Waals surface area contributed by atoms with Crippen molar-refractivity contribution in [2.45, 2.75) is 18.9 Å². The minimum atomic E-state index is -0.938. The van der Waals surface area contributed by atoms with Crippen LogP contribution < -0.4 is 11.1 Å². The molecule has 0 aromatic rings. The van der Waals surface area contributed by atoms with Gasteiger partial charge in [0.2, 0.25) is 5.91 Å². The summed E-state index contributed by atoms with van der Waals surface area (Å²) in [6.07, 6.45) is 0.0801. The van der Waals surface area contributed by atoms with Crippen LogP contribution in [0.15, 0.2) is 0 Å². The number of amides is 1. The Hall–Kier alpha value is -1.18. The number of carboxylic acid groups (broad SMARTS) is 1. The molecule has 1 saturated heterocycles. The number of nitrogens with one attached hydrogen (secondary N) is 1. The number of aliphatic carboxylic acids is 1. The van der Waals surface area contributed by atoms with Crippen molar-refractivity contribution in [2.24, 2.45) is 5.73 Å². The van der Waals surface area contributed by atoms with E-state index in [1.54, 1.807) is 0 Å². The summed E-state index contributed by atoms with van der Waals surface area (Å²) in [7, 11) is 0. The second-order valence-electron chi connectivity index (χ2n) is 4.28. The van der Waals surface area contributed by atoms with Crippen LogP contribution in [0.1, 0.15) is 12.8 Å². The lowest BCUT2D eigenvalue weighted by Gasteiger charge is -2.26. The number of carboxylic acids is 1. The number of nitrogens with two attached hydrogens (primary N) is 1. The third-order valence-electron chi connectivity index (χ3n) is 2.84. The highest BCUT2D eigenvalue weighted by atomic mass is 16.5. The number of carbonyl (C=O) groups excluding carboxylic acids is 1. The molecule has 1 heterocycles. The highest BCUT2D eigenvalue weighted by Crippen LogP contribution is 1.96. The van der Waals surface area contributed by atoms with E-state index in [0.717, 1.165) is 32.8 Å². The van der Waals surface area contributed by atoms with E-state index in [4.69, 9.17) is 15.6 Å². The zero-order chi connectivity index (χ0) is 13.4. The van der Waals surface area contributed by atoms with Gasteiger partial charge in [-0.25, -0.2) is 0 Å². The fourth-order valence-corrected chi connectivity index (χ4v) is 1.70. The molecule has 0 aromatic heterocycles. The van der Waals surface area contributed by atoms with Gasteiger partial charge in [0.25, 0.3) is 0 Å². The van der Waals surface area contributed by atoms with E-state index in [9.17, 15) is 9.59 Å². The molecular formula is C11H21N3O4. The predicted molar refractivity (Wildman–Crippen MR) is 65.1 cm³/mol. The molecule has 0 spiro atoms. The molecule has 1 unspecified atom stereocenters. The molecule has 1 aliphatic rings. The van der Waals surface area contributed by atoms with Gasteiger partial charge in [-0.2, -0.15) is 0 Å². The van der Waals surface area contributed by atoms with Gasteiger partial charge in [0.15, 0.2) is 0 Å². The standard InChI is InChI=1S/C11H21N3O4/c12-9(1-2-10(15)16)11(17)13-3-4-14-5-7-18-8-6-14/h9H,1-8,12H2,(H,13,17)(H,15,16). The Balaban J connectivity index is 2.09. The van der Waals surface area contributed by atoms with Gasteiger partial charge in [0.1, 0.15) is 0 Å². The first kappa shape index (κ1) is 14.9. The Morgan fingerprint density at radius 3 is 2.67 bits per heavy atom. The minimum absolute atomic E-state index is 0.0853. The smallest absolute Gasteiger partial charge is 0.303 e. The van der Waals surface area contributed by atoms with E-state index in [0.29, 0.717) is 6.54 Å². The van der Waals surface area contributed by atoms with Crippen LogP contribution in [0, 0.1) is 0 Å². The molecule has 104 valence electrons. The first-order valence-electron chi connectivity index (χ1n) is 6.15. The van der Waals surface area contributed by atoms with Crippen LogP contribution in [0.3, 0.4) is 0 Å². The zero-order valence-electron chi connectivity index (χ0n) is 10.4. The Kier molecular flexibility index (Phi) is 6.63. The quantitative estimate of drug-likeness (QED) is 0.521. The van der Waals surface area contributed by atoms with Crippen LogP contribution in [0.4, 0.5) is 0 Å². The number of carbonyl (C=O) groups is 2. The summed E-state index contributed by atoms with van der Waals surface area (Å²) in [4.78, 5) is 24.1. The molecule has 1 rings (SSSR count). The van der Waals surface area contributed by atoms with Crippen LogP contribution in [0.25, 0.3) is 0 Å². The summed E-state index contributed by atoms with van der Waals surface area (Å²) < 4.78 is 5.22. The van der Waals surface area contributed by atoms with E-state index in [1.165, 1.54) is 0 Å². The molecule has 4 N–H and O–H groups in total. The number of nitrogens with zero attached hydrogens (tertiary/aromatic N) is 1. The minimum Gasteiger partial charge on any atom is -0.481 e. The molecule has 0 bridgehead atoms. The number of morpholine rings is 1. The van der Waals surface area contributed by atoms with Gasteiger partial charge in [0.05, 0.1) is 19.3 Å². The van der Waals surface area contributed by atoms with Crippen molar-refractivity contribution >= 4 is 11.9 Å². The summed E-state index contributed by atoms with van der Waals surface area (Å²) in [5, 5.41) is 11.2. The molecule has 1 aliphatic heterocycles. The molecule has 0 saturated carbocycles. The van der Waals surface area contributed by atoms with Crippen molar-refractivity contribution in [2.75, 3.05) is 39.4 Å². The van der Waals surface area contributed by atoms with Gasteiger partial charge in [-0.15, -0.1) is 0 Å². The SMILES string of the molecule is NC(CCC(=O)O)C(=O)NCCN1CCOCC1. The third kappa shape index (κ3) is 5.95. The fourth-order valence-electron chi connectivity index (χ4n) is 1.70. The Morgan fingerprint density at radius 1 is 1.39 bits per heavy atom.